The Morgan fingerprint density at radius 2 is 2.05 bits per heavy atom. The van der Waals surface area contributed by atoms with Crippen LogP contribution < -0.4 is 5.32 Å². The van der Waals surface area contributed by atoms with Crippen LogP contribution in [0.1, 0.15) is 30.7 Å². The number of furan rings is 1. The zero-order valence-electron chi connectivity index (χ0n) is 10.4. The SMILES string of the molecule is CCCNC(c1ccc(Br)o1)c1cc(Br)ccc1Cl. The maximum Gasteiger partial charge on any atom is 0.169 e. The number of halogens is 3. The lowest BCUT2D eigenvalue weighted by molar-refractivity contribution is 0.433. The van der Waals surface area contributed by atoms with E-state index in [0.717, 1.165) is 38.5 Å². The van der Waals surface area contributed by atoms with E-state index in [4.69, 9.17) is 16.0 Å². The van der Waals surface area contributed by atoms with Crippen LogP contribution in [-0.2, 0) is 0 Å². The molecule has 1 aromatic heterocycles. The molecule has 0 fully saturated rings. The summed E-state index contributed by atoms with van der Waals surface area (Å²) in [5.41, 5.74) is 1.01. The fourth-order valence-electron chi connectivity index (χ4n) is 1.87. The first-order valence-corrected chi connectivity index (χ1v) is 8.01. The largest absolute Gasteiger partial charge is 0.452 e. The lowest BCUT2D eigenvalue weighted by atomic mass is 10.0. The second kappa shape index (κ2) is 6.93. The Morgan fingerprint density at radius 1 is 1.26 bits per heavy atom. The maximum atomic E-state index is 6.31. The van der Waals surface area contributed by atoms with Crippen molar-refractivity contribution in [3.05, 3.63) is 55.8 Å². The third-order valence-electron chi connectivity index (χ3n) is 2.75. The summed E-state index contributed by atoms with van der Waals surface area (Å²) in [6, 6.07) is 9.64. The van der Waals surface area contributed by atoms with Crippen molar-refractivity contribution in [1.29, 1.82) is 0 Å². The van der Waals surface area contributed by atoms with Gasteiger partial charge in [-0.1, -0.05) is 34.5 Å². The first-order chi connectivity index (χ1) is 9.11. The number of benzene rings is 1. The molecule has 1 heterocycles. The summed E-state index contributed by atoms with van der Waals surface area (Å²) in [6.07, 6.45) is 1.05. The number of hydrogen-bond acceptors (Lipinski definition) is 2. The third kappa shape index (κ3) is 3.85. The minimum atomic E-state index is -0.0451. The molecule has 0 bridgehead atoms. The van der Waals surface area contributed by atoms with Gasteiger partial charge in [-0.3, -0.25) is 0 Å². The zero-order valence-corrected chi connectivity index (χ0v) is 14.3. The lowest BCUT2D eigenvalue weighted by Crippen LogP contribution is -2.23. The van der Waals surface area contributed by atoms with Crippen LogP contribution in [-0.4, -0.2) is 6.54 Å². The van der Waals surface area contributed by atoms with E-state index in [-0.39, 0.29) is 6.04 Å². The van der Waals surface area contributed by atoms with Gasteiger partial charge in [0, 0.05) is 9.50 Å². The van der Waals surface area contributed by atoms with Crippen molar-refractivity contribution in [2.24, 2.45) is 0 Å². The van der Waals surface area contributed by atoms with Gasteiger partial charge in [-0.15, -0.1) is 0 Å². The fourth-order valence-corrected chi connectivity index (χ4v) is 2.80. The van der Waals surface area contributed by atoms with Crippen LogP contribution in [0, 0.1) is 0 Å². The molecule has 1 atom stereocenters. The van der Waals surface area contributed by atoms with Crippen LogP contribution in [0.2, 0.25) is 5.02 Å². The van der Waals surface area contributed by atoms with E-state index in [1.165, 1.54) is 0 Å². The van der Waals surface area contributed by atoms with E-state index in [1.54, 1.807) is 0 Å². The monoisotopic (exact) mass is 405 g/mol. The molecular formula is C14H14Br2ClNO. The van der Waals surface area contributed by atoms with Gasteiger partial charge in [-0.05, 0) is 64.8 Å². The highest BCUT2D eigenvalue weighted by Crippen LogP contribution is 2.32. The van der Waals surface area contributed by atoms with Gasteiger partial charge in [0.05, 0.1) is 6.04 Å². The molecule has 0 radical (unpaired) electrons. The Kier molecular flexibility index (Phi) is 5.51. The van der Waals surface area contributed by atoms with Gasteiger partial charge in [0.25, 0.3) is 0 Å². The average Bonchev–Trinajstić information content (AvgIpc) is 2.80. The summed E-state index contributed by atoms with van der Waals surface area (Å²) in [4.78, 5) is 0. The summed E-state index contributed by atoms with van der Waals surface area (Å²) in [7, 11) is 0. The minimum Gasteiger partial charge on any atom is -0.452 e. The molecule has 102 valence electrons. The molecule has 1 unspecified atom stereocenters. The van der Waals surface area contributed by atoms with E-state index in [0.29, 0.717) is 0 Å². The summed E-state index contributed by atoms with van der Waals surface area (Å²) < 4.78 is 7.39. The molecule has 0 amide bonds. The highest BCUT2D eigenvalue weighted by Gasteiger charge is 2.20. The molecule has 19 heavy (non-hydrogen) atoms. The molecule has 2 aromatic rings. The topological polar surface area (TPSA) is 25.2 Å². The molecule has 1 aromatic carbocycles. The van der Waals surface area contributed by atoms with Crippen LogP contribution in [0.3, 0.4) is 0 Å². The van der Waals surface area contributed by atoms with Crippen molar-refractivity contribution in [3.8, 4) is 0 Å². The quantitative estimate of drug-likeness (QED) is 0.703. The van der Waals surface area contributed by atoms with Crippen molar-refractivity contribution < 1.29 is 4.42 Å². The Bertz CT molecular complexity index is 556. The standard InChI is InChI=1S/C14H14Br2ClNO/c1-2-7-18-14(12-5-6-13(16)19-12)10-8-9(15)3-4-11(10)17/h3-6,8,14,18H,2,7H2,1H3. The number of hydrogen-bond donors (Lipinski definition) is 1. The zero-order chi connectivity index (χ0) is 13.8. The van der Waals surface area contributed by atoms with E-state index in [1.807, 2.05) is 30.3 Å². The van der Waals surface area contributed by atoms with Crippen LogP contribution in [0.4, 0.5) is 0 Å². The van der Waals surface area contributed by atoms with E-state index in [9.17, 15) is 0 Å². The van der Waals surface area contributed by atoms with E-state index >= 15 is 0 Å². The van der Waals surface area contributed by atoms with Gasteiger partial charge in [0.15, 0.2) is 4.67 Å². The van der Waals surface area contributed by atoms with Crippen LogP contribution in [0.15, 0.2) is 43.9 Å². The van der Waals surface area contributed by atoms with Crippen LogP contribution in [0.5, 0.6) is 0 Å². The highest BCUT2D eigenvalue weighted by atomic mass is 79.9. The molecule has 2 nitrogen and oxygen atoms in total. The molecule has 5 heteroatoms. The summed E-state index contributed by atoms with van der Waals surface area (Å²) in [6.45, 7) is 3.02. The molecule has 1 N–H and O–H groups in total. The maximum absolute atomic E-state index is 6.31. The second-order valence-electron chi connectivity index (χ2n) is 4.19. The van der Waals surface area contributed by atoms with Crippen LogP contribution in [0.25, 0.3) is 0 Å². The molecule has 0 aliphatic rings. The molecule has 0 saturated carbocycles. The van der Waals surface area contributed by atoms with Gasteiger partial charge in [-0.2, -0.15) is 0 Å². The first-order valence-electron chi connectivity index (χ1n) is 6.05. The Hall–Kier alpha value is -0.290. The van der Waals surface area contributed by atoms with Gasteiger partial charge in [-0.25, -0.2) is 0 Å². The smallest absolute Gasteiger partial charge is 0.169 e. The molecular weight excluding hydrogens is 393 g/mol. The van der Waals surface area contributed by atoms with Gasteiger partial charge in [0.2, 0.25) is 0 Å². The summed E-state index contributed by atoms with van der Waals surface area (Å²) in [5, 5.41) is 4.19. The fraction of sp³-hybridized carbons (Fsp3) is 0.286. The van der Waals surface area contributed by atoms with Gasteiger partial charge in [0.1, 0.15) is 5.76 Å². The van der Waals surface area contributed by atoms with Crippen molar-refractivity contribution >= 4 is 43.5 Å². The second-order valence-corrected chi connectivity index (χ2v) is 6.30. The van der Waals surface area contributed by atoms with Crippen molar-refractivity contribution in [2.45, 2.75) is 19.4 Å². The predicted octanol–water partition coefficient (Wildman–Crippen LogP) is 5.55. The lowest BCUT2D eigenvalue weighted by Gasteiger charge is -2.18. The highest BCUT2D eigenvalue weighted by molar-refractivity contribution is 9.10. The molecule has 0 spiro atoms. The van der Waals surface area contributed by atoms with Crippen molar-refractivity contribution in [3.63, 3.8) is 0 Å². The Balaban J connectivity index is 2.39. The van der Waals surface area contributed by atoms with Gasteiger partial charge >= 0.3 is 0 Å². The Labute approximate surface area is 134 Å². The number of nitrogens with one attached hydrogen (secondary N) is 1. The van der Waals surface area contributed by atoms with Crippen molar-refractivity contribution in [1.82, 2.24) is 5.32 Å². The normalized spacial score (nSPS) is 12.6. The summed E-state index contributed by atoms with van der Waals surface area (Å²) >= 11 is 13.1. The molecule has 0 saturated heterocycles. The van der Waals surface area contributed by atoms with E-state index in [2.05, 4.69) is 44.1 Å². The molecule has 0 aliphatic heterocycles. The van der Waals surface area contributed by atoms with Crippen molar-refractivity contribution in [2.75, 3.05) is 6.54 Å². The number of rotatable bonds is 5. The third-order valence-corrected chi connectivity index (χ3v) is 4.01. The first kappa shape index (κ1) is 15.1. The Morgan fingerprint density at radius 3 is 2.68 bits per heavy atom. The minimum absolute atomic E-state index is 0.0451. The molecule has 0 aliphatic carbocycles. The van der Waals surface area contributed by atoms with Crippen LogP contribution >= 0.6 is 43.5 Å². The average molecular weight is 408 g/mol. The van der Waals surface area contributed by atoms with Gasteiger partial charge < -0.3 is 9.73 Å². The molecule has 2 rings (SSSR count). The predicted molar refractivity (Wildman–Crippen MR) is 85.7 cm³/mol. The van der Waals surface area contributed by atoms with E-state index < -0.39 is 0 Å². The summed E-state index contributed by atoms with van der Waals surface area (Å²) in [5.74, 6) is 0.848.